The van der Waals surface area contributed by atoms with Crippen LogP contribution >= 0.6 is 15.9 Å². The van der Waals surface area contributed by atoms with Gasteiger partial charge in [-0.15, -0.1) is 0 Å². The predicted octanol–water partition coefficient (Wildman–Crippen LogP) is 0.359. The fraction of sp³-hybridized carbons (Fsp3) is 0.500. The summed E-state index contributed by atoms with van der Waals surface area (Å²) in [5, 5.41) is 12.1. The largest absolute Gasteiger partial charge is 0.392 e. The van der Waals surface area contributed by atoms with Crippen molar-refractivity contribution in [3.8, 4) is 0 Å². The summed E-state index contributed by atoms with van der Waals surface area (Å²) in [6.07, 6.45) is 2.74. The van der Waals surface area contributed by atoms with E-state index < -0.39 is 6.10 Å². The summed E-state index contributed by atoms with van der Waals surface area (Å²) in [7, 11) is 0. The molecule has 14 heavy (non-hydrogen) atoms. The molecule has 0 saturated carbocycles. The number of nitrogens with one attached hydrogen (secondary N) is 1. The standard InChI is InChI=1S/C8H13BrN4O/c1-5(14)7(10)4-13-8-11-2-6(9)3-12-8/h2-3,5,7,14H,4,10H2,1H3,(H,11,12,13). The average Bonchev–Trinajstić information content (AvgIpc) is 2.16. The fourth-order valence-electron chi connectivity index (χ4n) is 0.783. The summed E-state index contributed by atoms with van der Waals surface area (Å²) in [5.74, 6) is 0.504. The molecule has 0 radical (unpaired) electrons. The fourth-order valence-corrected chi connectivity index (χ4v) is 0.988. The lowest BCUT2D eigenvalue weighted by Crippen LogP contribution is -2.38. The molecule has 0 aromatic carbocycles. The summed E-state index contributed by atoms with van der Waals surface area (Å²) in [6, 6.07) is -0.317. The Kier molecular flexibility index (Phi) is 4.24. The minimum absolute atomic E-state index is 0.317. The second-order valence-corrected chi connectivity index (χ2v) is 3.93. The number of anilines is 1. The van der Waals surface area contributed by atoms with Gasteiger partial charge in [0.25, 0.3) is 0 Å². The number of aliphatic hydroxyl groups is 1. The summed E-state index contributed by atoms with van der Waals surface area (Å²) < 4.78 is 0.822. The topological polar surface area (TPSA) is 84.1 Å². The Morgan fingerprint density at radius 3 is 2.64 bits per heavy atom. The first-order chi connectivity index (χ1) is 6.59. The minimum Gasteiger partial charge on any atom is -0.392 e. The summed E-state index contributed by atoms with van der Waals surface area (Å²) in [6.45, 7) is 2.09. The van der Waals surface area contributed by atoms with E-state index in [9.17, 15) is 0 Å². The van der Waals surface area contributed by atoms with Gasteiger partial charge in [0.2, 0.25) is 5.95 Å². The SMILES string of the molecule is CC(O)C(N)CNc1ncc(Br)cn1. The molecule has 6 heteroatoms. The Morgan fingerprint density at radius 1 is 1.57 bits per heavy atom. The maximum Gasteiger partial charge on any atom is 0.222 e. The molecule has 2 unspecified atom stereocenters. The van der Waals surface area contributed by atoms with Gasteiger partial charge in [0, 0.05) is 25.0 Å². The van der Waals surface area contributed by atoms with Crippen LogP contribution in [0.4, 0.5) is 5.95 Å². The Labute approximate surface area is 90.9 Å². The monoisotopic (exact) mass is 260 g/mol. The number of hydrogen-bond acceptors (Lipinski definition) is 5. The van der Waals surface area contributed by atoms with E-state index in [1.165, 1.54) is 0 Å². The van der Waals surface area contributed by atoms with Crippen LogP contribution in [-0.4, -0.2) is 33.8 Å². The van der Waals surface area contributed by atoms with Gasteiger partial charge in [0.05, 0.1) is 10.6 Å². The molecular formula is C8H13BrN4O. The van der Waals surface area contributed by atoms with Gasteiger partial charge in [0.1, 0.15) is 0 Å². The van der Waals surface area contributed by atoms with E-state index in [1.54, 1.807) is 19.3 Å². The third-order valence-corrected chi connectivity index (χ3v) is 2.15. The van der Waals surface area contributed by atoms with Crippen LogP contribution in [0.3, 0.4) is 0 Å². The maximum absolute atomic E-state index is 9.13. The molecule has 0 aliphatic rings. The molecule has 0 spiro atoms. The van der Waals surface area contributed by atoms with Crippen LogP contribution in [-0.2, 0) is 0 Å². The molecule has 0 fully saturated rings. The lowest BCUT2D eigenvalue weighted by atomic mass is 10.2. The molecule has 1 aromatic rings. The van der Waals surface area contributed by atoms with Gasteiger partial charge in [-0.25, -0.2) is 9.97 Å². The summed E-state index contributed by atoms with van der Waals surface area (Å²) in [5.41, 5.74) is 5.62. The molecule has 2 atom stereocenters. The molecule has 0 bridgehead atoms. The highest BCUT2D eigenvalue weighted by Gasteiger charge is 2.08. The minimum atomic E-state index is -0.544. The van der Waals surface area contributed by atoms with Crippen LogP contribution in [0.25, 0.3) is 0 Å². The van der Waals surface area contributed by atoms with E-state index in [0.717, 1.165) is 4.47 Å². The first kappa shape index (κ1) is 11.4. The summed E-state index contributed by atoms with van der Waals surface area (Å²) >= 11 is 3.23. The molecule has 1 rings (SSSR count). The average molecular weight is 261 g/mol. The van der Waals surface area contributed by atoms with Crippen LogP contribution in [0, 0.1) is 0 Å². The van der Waals surface area contributed by atoms with Crippen LogP contribution < -0.4 is 11.1 Å². The van der Waals surface area contributed by atoms with Crippen molar-refractivity contribution in [2.45, 2.75) is 19.1 Å². The molecule has 0 aliphatic heterocycles. The van der Waals surface area contributed by atoms with Crippen molar-refractivity contribution in [2.75, 3.05) is 11.9 Å². The Hall–Kier alpha value is -0.720. The molecule has 0 amide bonds. The van der Waals surface area contributed by atoms with Crippen LogP contribution in [0.5, 0.6) is 0 Å². The first-order valence-electron chi connectivity index (χ1n) is 4.24. The van der Waals surface area contributed by atoms with Crippen molar-refractivity contribution in [3.63, 3.8) is 0 Å². The lowest BCUT2D eigenvalue weighted by molar-refractivity contribution is 0.168. The van der Waals surface area contributed by atoms with Crippen molar-refractivity contribution >= 4 is 21.9 Å². The molecular weight excluding hydrogens is 248 g/mol. The molecule has 78 valence electrons. The van der Waals surface area contributed by atoms with E-state index >= 15 is 0 Å². The van der Waals surface area contributed by atoms with E-state index in [0.29, 0.717) is 12.5 Å². The molecule has 4 N–H and O–H groups in total. The van der Waals surface area contributed by atoms with Crippen LogP contribution in [0.1, 0.15) is 6.92 Å². The molecule has 0 saturated heterocycles. The normalized spacial score (nSPS) is 14.9. The second-order valence-electron chi connectivity index (χ2n) is 3.01. The molecule has 1 aromatic heterocycles. The maximum atomic E-state index is 9.13. The van der Waals surface area contributed by atoms with Crippen molar-refractivity contribution in [2.24, 2.45) is 5.73 Å². The van der Waals surface area contributed by atoms with Crippen molar-refractivity contribution in [1.82, 2.24) is 9.97 Å². The Bertz CT molecular complexity index is 277. The van der Waals surface area contributed by atoms with Gasteiger partial charge in [0.15, 0.2) is 0 Å². The Balaban J connectivity index is 2.42. The number of hydrogen-bond donors (Lipinski definition) is 3. The highest BCUT2D eigenvalue weighted by atomic mass is 79.9. The van der Waals surface area contributed by atoms with Gasteiger partial charge in [-0.3, -0.25) is 0 Å². The number of halogens is 1. The summed E-state index contributed by atoms with van der Waals surface area (Å²) in [4.78, 5) is 8.01. The highest BCUT2D eigenvalue weighted by Crippen LogP contribution is 2.06. The number of nitrogens with two attached hydrogens (primary N) is 1. The number of nitrogens with zero attached hydrogens (tertiary/aromatic N) is 2. The quantitative estimate of drug-likeness (QED) is 0.728. The zero-order valence-corrected chi connectivity index (χ0v) is 9.40. The number of aliphatic hydroxyl groups excluding tert-OH is 1. The van der Waals surface area contributed by atoms with Gasteiger partial charge in [-0.1, -0.05) is 0 Å². The second kappa shape index (κ2) is 5.23. The van der Waals surface area contributed by atoms with Crippen molar-refractivity contribution < 1.29 is 5.11 Å². The van der Waals surface area contributed by atoms with Crippen LogP contribution in [0.2, 0.25) is 0 Å². The predicted molar refractivity (Wildman–Crippen MR) is 57.9 cm³/mol. The van der Waals surface area contributed by atoms with Gasteiger partial charge >= 0.3 is 0 Å². The zero-order valence-electron chi connectivity index (χ0n) is 7.81. The number of aromatic nitrogens is 2. The first-order valence-corrected chi connectivity index (χ1v) is 5.04. The third kappa shape index (κ3) is 3.57. The van der Waals surface area contributed by atoms with Crippen molar-refractivity contribution in [1.29, 1.82) is 0 Å². The Morgan fingerprint density at radius 2 is 2.14 bits per heavy atom. The van der Waals surface area contributed by atoms with Crippen LogP contribution in [0.15, 0.2) is 16.9 Å². The number of rotatable bonds is 4. The molecule has 0 aliphatic carbocycles. The molecule has 5 nitrogen and oxygen atoms in total. The molecule has 1 heterocycles. The zero-order chi connectivity index (χ0) is 10.6. The van der Waals surface area contributed by atoms with Crippen molar-refractivity contribution in [3.05, 3.63) is 16.9 Å². The van der Waals surface area contributed by atoms with Gasteiger partial charge in [-0.2, -0.15) is 0 Å². The smallest absolute Gasteiger partial charge is 0.222 e. The van der Waals surface area contributed by atoms with E-state index in [-0.39, 0.29) is 6.04 Å². The van der Waals surface area contributed by atoms with E-state index in [2.05, 4.69) is 31.2 Å². The third-order valence-electron chi connectivity index (χ3n) is 1.74. The van der Waals surface area contributed by atoms with E-state index in [4.69, 9.17) is 10.8 Å². The van der Waals surface area contributed by atoms with E-state index in [1.807, 2.05) is 0 Å². The van der Waals surface area contributed by atoms with Gasteiger partial charge in [-0.05, 0) is 22.9 Å². The van der Waals surface area contributed by atoms with Gasteiger partial charge < -0.3 is 16.2 Å². The lowest BCUT2D eigenvalue weighted by Gasteiger charge is -2.14. The highest BCUT2D eigenvalue weighted by molar-refractivity contribution is 9.10.